The smallest absolute Gasteiger partial charge is 0.317 e. The number of carbonyl (C=O) groups is 1. The molecule has 25 heavy (non-hydrogen) atoms. The molecule has 0 amide bonds. The Hall–Kier alpha value is -1.02. The van der Waals surface area contributed by atoms with Gasteiger partial charge in [-0.2, -0.15) is 0 Å². The lowest BCUT2D eigenvalue weighted by Gasteiger charge is -2.34. The fraction of sp³-hybridized carbons (Fsp3) is 0.778. The van der Waals surface area contributed by atoms with Gasteiger partial charge in [-0.25, -0.2) is 4.98 Å². The SMILES string of the molecule is CN(CC(=O)O)CC1CN(Cc2csc(C3CCCCC3)n2)CCO1. The molecule has 1 aliphatic heterocycles. The van der Waals surface area contributed by atoms with Gasteiger partial charge in [-0.15, -0.1) is 11.3 Å². The van der Waals surface area contributed by atoms with Gasteiger partial charge in [0.1, 0.15) is 0 Å². The second-order valence-corrected chi connectivity index (χ2v) is 8.22. The summed E-state index contributed by atoms with van der Waals surface area (Å²) in [5.74, 6) is -0.123. The van der Waals surface area contributed by atoms with E-state index >= 15 is 0 Å². The number of hydrogen-bond acceptors (Lipinski definition) is 6. The van der Waals surface area contributed by atoms with Crippen LogP contribution in [0.5, 0.6) is 0 Å². The van der Waals surface area contributed by atoms with Gasteiger partial charge < -0.3 is 9.84 Å². The lowest BCUT2D eigenvalue weighted by Crippen LogP contribution is -2.47. The maximum absolute atomic E-state index is 10.8. The van der Waals surface area contributed by atoms with Crippen molar-refractivity contribution < 1.29 is 14.6 Å². The number of morpholine rings is 1. The first-order valence-corrected chi connectivity index (χ1v) is 10.2. The Morgan fingerprint density at radius 3 is 3.00 bits per heavy atom. The van der Waals surface area contributed by atoms with Crippen molar-refractivity contribution in [3.05, 3.63) is 16.1 Å². The van der Waals surface area contributed by atoms with Crippen LogP contribution in [-0.4, -0.2) is 71.8 Å². The van der Waals surface area contributed by atoms with E-state index in [2.05, 4.69) is 10.3 Å². The molecule has 2 aliphatic rings. The van der Waals surface area contributed by atoms with Crippen LogP contribution < -0.4 is 0 Å². The van der Waals surface area contributed by atoms with Crippen molar-refractivity contribution in [2.24, 2.45) is 0 Å². The molecule has 1 N–H and O–H groups in total. The Morgan fingerprint density at radius 2 is 2.24 bits per heavy atom. The number of aliphatic carboxylic acids is 1. The number of hydrogen-bond donors (Lipinski definition) is 1. The van der Waals surface area contributed by atoms with Crippen LogP contribution in [0.4, 0.5) is 0 Å². The van der Waals surface area contributed by atoms with Gasteiger partial charge in [-0.3, -0.25) is 14.6 Å². The number of carboxylic acids is 1. The van der Waals surface area contributed by atoms with Crippen molar-refractivity contribution in [1.82, 2.24) is 14.8 Å². The Labute approximate surface area is 153 Å². The van der Waals surface area contributed by atoms with Crippen LogP contribution in [0.2, 0.25) is 0 Å². The monoisotopic (exact) mass is 367 g/mol. The van der Waals surface area contributed by atoms with Gasteiger partial charge in [0.25, 0.3) is 0 Å². The minimum atomic E-state index is -0.798. The molecule has 1 aromatic heterocycles. The predicted octanol–water partition coefficient (Wildman–Crippen LogP) is 2.41. The molecule has 0 bridgehead atoms. The molecule has 1 unspecified atom stereocenters. The topological polar surface area (TPSA) is 65.9 Å². The Bertz CT molecular complexity index is 560. The first-order chi connectivity index (χ1) is 12.1. The molecule has 1 atom stereocenters. The summed E-state index contributed by atoms with van der Waals surface area (Å²) in [5.41, 5.74) is 1.17. The van der Waals surface area contributed by atoms with Crippen LogP contribution in [0.25, 0.3) is 0 Å². The van der Waals surface area contributed by atoms with Gasteiger partial charge >= 0.3 is 5.97 Å². The Morgan fingerprint density at radius 1 is 1.44 bits per heavy atom. The lowest BCUT2D eigenvalue weighted by atomic mass is 9.90. The lowest BCUT2D eigenvalue weighted by molar-refractivity contribution is -0.138. The van der Waals surface area contributed by atoms with E-state index in [1.54, 1.807) is 4.90 Å². The molecule has 0 radical (unpaired) electrons. The molecule has 6 nitrogen and oxygen atoms in total. The van der Waals surface area contributed by atoms with E-state index in [1.165, 1.54) is 42.8 Å². The van der Waals surface area contributed by atoms with E-state index < -0.39 is 5.97 Å². The fourth-order valence-electron chi connectivity index (χ4n) is 3.84. The van der Waals surface area contributed by atoms with Crippen molar-refractivity contribution in [3.8, 4) is 0 Å². The predicted molar refractivity (Wildman–Crippen MR) is 98.1 cm³/mol. The summed E-state index contributed by atoms with van der Waals surface area (Å²) in [6.07, 6.45) is 6.71. The summed E-state index contributed by atoms with van der Waals surface area (Å²) in [6.45, 7) is 4.01. The van der Waals surface area contributed by atoms with Crippen molar-refractivity contribution >= 4 is 17.3 Å². The van der Waals surface area contributed by atoms with Gasteiger partial charge in [0, 0.05) is 37.5 Å². The first kappa shape index (κ1) is 18.8. The maximum Gasteiger partial charge on any atom is 0.317 e. The highest BCUT2D eigenvalue weighted by molar-refractivity contribution is 7.09. The number of rotatable bonds is 7. The van der Waals surface area contributed by atoms with Gasteiger partial charge in [-0.1, -0.05) is 19.3 Å². The third-order valence-corrected chi connectivity index (χ3v) is 6.11. The second kappa shape index (κ2) is 9.07. The summed E-state index contributed by atoms with van der Waals surface area (Å²) in [6, 6.07) is 0. The van der Waals surface area contributed by atoms with E-state index in [9.17, 15) is 4.79 Å². The highest BCUT2D eigenvalue weighted by atomic mass is 32.1. The van der Waals surface area contributed by atoms with Crippen LogP contribution in [-0.2, 0) is 16.1 Å². The first-order valence-electron chi connectivity index (χ1n) is 9.28. The molecule has 2 heterocycles. The van der Waals surface area contributed by atoms with E-state index in [0.717, 1.165) is 19.6 Å². The molecule has 1 saturated heterocycles. The van der Waals surface area contributed by atoms with Crippen molar-refractivity contribution in [1.29, 1.82) is 0 Å². The van der Waals surface area contributed by atoms with Crippen molar-refractivity contribution in [2.75, 3.05) is 39.8 Å². The van der Waals surface area contributed by atoms with E-state index in [1.807, 2.05) is 18.4 Å². The summed E-state index contributed by atoms with van der Waals surface area (Å²) in [4.78, 5) is 19.9. The molecule has 7 heteroatoms. The number of nitrogens with zero attached hydrogens (tertiary/aromatic N) is 3. The van der Waals surface area contributed by atoms with Gasteiger partial charge in [0.2, 0.25) is 0 Å². The summed E-state index contributed by atoms with van der Waals surface area (Å²) >= 11 is 1.82. The number of ether oxygens (including phenoxy) is 1. The number of carboxylic acid groups (broad SMARTS) is 1. The van der Waals surface area contributed by atoms with E-state index in [-0.39, 0.29) is 12.6 Å². The molecular formula is C18H29N3O3S. The van der Waals surface area contributed by atoms with Crippen LogP contribution in [0, 0.1) is 0 Å². The van der Waals surface area contributed by atoms with E-state index in [4.69, 9.17) is 14.8 Å². The van der Waals surface area contributed by atoms with E-state index in [0.29, 0.717) is 19.1 Å². The summed E-state index contributed by atoms with van der Waals surface area (Å²) in [7, 11) is 1.83. The zero-order valence-electron chi connectivity index (χ0n) is 15.0. The van der Waals surface area contributed by atoms with Crippen LogP contribution >= 0.6 is 11.3 Å². The van der Waals surface area contributed by atoms with Gasteiger partial charge in [0.15, 0.2) is 0 Å². The quantitative estimate of drug-likeness (QED) is 0.798. The minimum Gasteiger partial charge on any atom is -0.480 e. The second-order valence-electron chi connectivity index (χ2n) is 7.33. The van der Waals surface area contributed by atoms with Crippen LogP contribution in [0.3, 0.4) is 0 Å². The molecule has 0 aromatic carbocycles. The van der Waals surface area contributed by atoms with Gasteiger partial charge in [-0.05, 0) is 19.9 Å². The third kappa shape index (κ3) is 5.74. The zero-order valence-corrected chi connectivity index (χ0v) is 15.8. The summed E-state index contributed by atoms with van der Waals surface area (Å²) in [5, 5.41) is 12.4. The Balaban J connectivity index is 1.49. The normalized spacial score (nSPS) is 23.2. The highest BCUT2D eigenvalue weighted by Crippen LogP contribution is 2.34. The zero-order chi connectivity index (χ0) is 17.6. The Kier molecular flexibility index (Phi) is 6.81. The largest absolute Gasteiger partial charge is 0.480 e. The van der Waals surface area contributed by atoms with Gasteiger partial charge in [0.05, 0.1) is 30.0 Å². The molecule has 3 rings (SSSR count). The van der Waals surface area contributed by atoms with Crippen molar-refractivity contribution in [2.45, 2.75) is 50.7 Å². The molecule has 0 spiro atoms. The molecule has 1 aliphatic carbocycles. The molecule has 140 valence electrons. The number of thiazole rings is 1. The average Bonchev–Trinajstić information content (AvgIpc) is 3.03. The van der Waals surface area contributed by atoms with Crippen LogP contribution in [0.1, 0.15) is 48.7 Å². The average molecular weight is 368 g/mol. The molecule has 1 saturated carbocycles. The maximum atomic E-state index is 10.8. The number of likely N-dealkylation sites (N-methyl/N-ethyl adjacent to an activating group) is 1. The molecule has 1 aromatic rings. The standard InChI is InChI=1S/C18H29N3O3S/c1-20(12-17(22)23)10-16-11-21(7-8-24-16)9-15-13-25-18(19-15)14-5-3-2-4-6-14/h13-14,16H,2-12H2,1H3,(H,22,23). The number of aromatic nitrogens is 1. The van der Waals surface area contributed by atoms with Crippen molar-refractivity contribution in [3.63, 3.8) is 0 Å². The third-order valence-electron chi connectivity index (χ3n) is 5.05. The molecule has 2 fully saturated rings. The fourth-order valence-corrected chi connectivity index (χ4v) is 4.82. The highest BCUT2D eigenvalue weighted by Gasteiger charge is 2.24. The minimum absolute atomic E-state index is 0.0523. The van der Waals surface area contributed by atoms with Crippen LogP contribution in [0.15, 0.2) is 5.38 Å². The summed E-state index contributed by atoms with van der Waals surface area (Å²) < 4.78 is 5.80. The molecular weight excluding hydrogens is 338 g/mol.